The van der Waals surface area contributed by atoms with E-state index in [-0.39, 0.29) is 0 Å². The number of aromatic nitrogens is 2. The van der Waals surface area contributed by atoms with Gasteiger partial charge in [0.05, 0.1) is 11.1 Å². The lowest BCUT2D eigenvalue weighted by Gasteiger charge is -2.13. The average Bonchev–Trinajstić information content (AvgIpc) is 3.73. The minimum atomic E-state index is 0.569. The minimum absolute atomic E-state index is 0.569. The van der Waals surface area contributed by atoms with Crippen molar-refractivity contribution in [1.82, 2.24) is 9.97 Å². The van der Waals surface area contributed by atoms with Crippen molar-refractivity contribution in [1.29, 1.82) is 0 Å². The lowest BCUT2D eigenvalue weighted by atomic mass is 9.91. The molecule has 3 nitrogen and oxygen atoms in total. The van der Waals surface area contributed by atoms with E-state index in [1.807, 2.05) is 24.3 Å². The first-order chi connectivity index (χ1) is 30.2. The highest BCUT2D eigenvalue weighted by Crippen LogP contribution is 2.39. The van der Waals surface area contributed by atoms with Gasteiger partial charge in [0.2, 0.25) is 5.71 Å². The van der Waals surface area contributed by atoms with Gasteiger partial charge in [0, 0.05) is 16.5 Å². The summed E-state index contributed by atoms with van der Waals surface area (Å²) in [6, 6.07) is 81.4. The zero-order valence-electron chi connectivity index (χ0n) is 33.2. The third kappa shape index (κ3) is 7.09. The summed E-state index contributed by atoms with van der Waals surface area (Å²) in [7, 11) is 0. The molecule has 11 rings (SSSR count). The molecule has 0 aliphatic carbocycles. The molecule has 3 heteroatoms. The van der Waals surface area contributed by atoms with Crippen molar-refractivity contribution >= 4 is 22.1 Å². The van der Waals surface area contributed by atoms with Gasteiger partial charge in [-0.1, -0.05) is 188 Å². The van der Waals surface area contributed by atoms with E-state index in [0.717, 1.165) is 77.7 Å². The molecular formula is C58H38N2O. The van der Waals surface area contributed by atoms with Crippen molar-refractivity contribution in [3.05, 3.63) is 231 Å². The minimum Gasteiger partial charge on any atom is -0.438 e. The molecule has 0 saturated heterocycles. The second kappa shape index (κ2) is 15.6. The molecule has 2 aromatic heterocycles. The van der Waals surface area contributed by atoms with E-state index in [9.17, 15) is 0 Å². The molecule has 0 aliphatic heterocycles. The predicted molar refractivity (Wildman–Crippen MR) is 253 cm³/mol. The van der Waals surface area contributed by atoms with Crippen LogP contribution in [0, 0.1) is 0 Å². The molecule has 0 atom stereocenters. The number of hydrogen-bond acceptors (Lipinski definition) is 3. The molecule has 0 spiro atoms. The Balaban J connectivity index is 1.01. The maximum absolute atomic E-state index is 6.45. The van der Waals surface area contributed by atoms with Crippen LogP contribution in [0.3, 0.4) is 0 Å². The van der Waals surface area contributed by atoms with Gasteiger partial charge in [0.15, 0.2) is 5.82 Å². The first kappa shape index (κ1) is 36.0. The number of furan rings is 1. The fourth-order valence-electron chi connectivity index (χ4n) is 8.40. The monoisotopic (exact) mass is 778 g/mol. The van der Waals surface area contributed by atoms with Gasteiger partial charge in [0.1, 0.15) is 5.58 Å². The van der Waals surface area contributed by atoms with Crippen molar-refractivity contribution < 1.29 is 4.42 Å². The number of para-hydroxylation sites is 1. The van der Waals surface area contributed by atoms with Gasteiger partial charge < -0.3 is 4.42 Å². The Hall–Kier alpha value is -8.14. The molecule has 0 amide bonds. The topological polar surface area (TPSA) is 38.9 Å². The van der Waals surface area contributed by atoms with E-state index in [1.54, 1.807) is 0 Å². The molecule has 0 unspecified atom stereocenters. The van der Waals surface area contributed by atoms with Crippen LogP contribution in [-0.2, 0) is 0 Å². The fraction of sp³-hybridized carbons (Fsp3) is 0. The number of hydrogen-bond donors (Lipinski definition) is 0. The van der Waals surface area contributed by atoms with Gasteiger partial charge in [-0.25, -0.2) is 4.98 Å². The maximum atomic E-state index is 6.45. The van der Waals surface area contributed by atoms with Crippen LogP contribution in [0.2, 0.25) is 0 Å². The molecule has 0 fully saturated rings. The number of rotatable bonds is 8. The van der Waals surface area contributed by atoms with Gasteiger partial charge in [-0.2, -0.15) is 4.98 Å². The van der Waals surface area contributed by atoms with Gasteiger partial charge in [0.25, 0.3) is 0 Å². The molecule has 0 aliphatic rings. The quantitative estimate of drug-likeness (QED) is 0.154. The second-order valence-corrected chi connectivity index (χ2v) is 15.4. The van der Waals surface area contributed by atoms with Crippen LogP contribution < -0.4 is 0 Å². The van der Waals surface area contributed by atoms with Gasteiger partial charge in [-0.3, -0.25) is 0 Å². The molecular weight excluding hydrogens is 741 g/mol. The summed E-state index contributed by atoms with van der Waals surface area (Å²) >= 11 is 0. The molecule has 0 radical (unpaired) electrons. The number of nitrogens with zero attached hydrogens (tertiary/aromatic N) is 2. The second-order valence-electron chi connectivity index (χ2n) is 15.4. The zero-order valence-corrected chi connectivity index (χ0v) is 33.2. The van der Waals surface area contributed by atoms with Crippen LogP contribution >= 0.6 is 0 Å². The summed E-state index contributed by atoms with van der Waals surface area (Å²) in [6.45, 7) is 0. The van der Waals surface area contributed by atoms with E-state index < -0.39 is 0 Å². The van der Waals surface area contributed by atoms with Crippen LogP contribution in [0.1, 0.15) is 0 Å². The third-order valence-corrected chi connectivity index (χ3v) is 11.5. The number of fused-ring (bicyclic) bond motifs is 3. The molecule has 0 N–H and O–H groups in total. The molecule has 0 saturated carbocycles. The molecule has 9 aromatic carbocycles. The average molecular weight is 779 g/mol. The summed E-state index contributed by atoms with van der Waals surface area (Å²) < 4.78 is 6.45. The van der Waals surface area contributed by atoms with Gasteiger partial charge >= 0.3 is 0 Å². The summed E-state index contributed by atoms with van der Waals surface area (Å²) in [6.07, 6.45) is 0. The Bertz CT molecular complexity index is 3330. The number of benzene rings is 9. The van der Waals surface area contributed by atoms with Crippen molar-refractivity contribution in [3.63, 3.8) is 0 Å². The first-order valence-corrected chi connectivity index (χ1v) is 20.6. The summed E-state index contributed by atoms with van der Waals surface area (Å²) in [5.41, 5.74) is 18.0. The smallest absolute Gasteiger partial charge is 0.231 e. The van der Waals surface area contributed by atoms with E-state index >= 15 is 0 Å². The zero-order chi connectivity index (χ0) is 40.5. The van der Waals surface area contributed by atoms with Crippen molar-refractivity contribution in [2.24, 2.45) is 0 Å². The van der Waals surface area contributed by atoms with Crippen LogP contribution in [0.4, 0.5) is 0 Å². The van der Waals surface area contributed by atoms with E-state index in [2.05, 4.69) is 206 Å². The molecule has 61 heavy (non-hydrogen) atoms. The highest BCUT2D eigenvalue weighted by atomic mass is 16.3. The standard InChI is InChI=1S/C58H38N2O/c1-4-15-39(16-5-1)42-29-31-43(32-30-42)44-21-12-23-46(33-44)51-36-50(41-19-8-3-9-20-41)37-52(38-51)47-24-14-26-49(35-47)57-59-56(55-53-27-10-11-28-54(53)61-58(55)60-57)48-25-13-22-45(34-48)40-17-6-2-7-18-40/h1-38H. The highest BCUT2D eigenvalue weighted by molar-refractivity contribution is 6.10. The van der Waals surface area contributed by atoms with Crippen LogP contribution in [0.15, 0.2) is 235 Å². The van der Waals surface area contributed by atoms with Gasteiger partial charge in [-0.05, 0) is 109 Å². The lowest BCUT2D eigenvalue weighted by molar-refractivity contribution is 0.653. The van der Waals surface area contributed by atoms with E-state index in [4.69, 9.17) is 14.4 Å². The Kier molecular flexibility index (Phi) is 9.18. The summed E-state index contributed by atoms with van der Waals surface area (Å²) in [4.78, 5) is 10.5. The summed E-state index contributed by atoms with van der Waals surface area (Å²) in [5, 5.41) is 1.91. The van der Waals surface area contributed by atoms with Crippen molar-refractivity contribution in [2.45, 2.75) is 0 Å². The molecule has 11 aromatic rings. The Morgan fingerprint density at radius 1 is 0.262 bits per heavy atom. The van der Waals surface area contributed by atoms with Crippen LogP contribution in [0.25, 0.3) is 111 Å². The predicted octanol–water partition coefficient (Wildman–Crippen LogP) is 15.7. The van der Waals surface area contributed by atoms with Crippen LogP contribution in [-0.4, -0.2) is 9.97 Å². The van der Waals surface area contributed by atoms with Gasteiger partial charge in [-0.15, -0.1) is 0 Å². The highest BCUT2D eigenvalue weighted by Gasteiger charge is 2.19. The van der Waals surface area contributed by atoms with E-state index in [1.165, 1.54) is 22.3 Å². The SMILES string of the molecule is c1ccc(-c2ccc(-c3cccc(-c4cc(-c5ccccc5)cc(-c5cccc(-c6nc(-c7cccc(-c8ccccc8)c7)c7c(n6)oc6ccccc67)c5)c4)c3)cc2)cc1. The lowest BCUT2D eigenvalue weighted by Crippen LogP contribution is -1.95. The maximum Gasteiger partial charge on any atom is 0.231 e. The Labute approximate surface area is 354 Å². The van der Waals surface area contributed by atoms with Crippen LogP contribution in [0.5, 0.6) is 0 Å². The third-order valence-electron chi connectivity index (χ3n) is 11.5. The largest absolute Gasteiger partial charge is 0.438 e. The Morgan fingerprint density at radius 2 is 0.623 bits per heavy atom. The van der Waals surface area contributed by atoms with Crippen molar-refractivity contribution in [2.75, 3.05) is 0 Å². The molecule has 2 heterocycles. The molecule has 286 valence electrons. The normalized spacial score (nSPS) is 11.3. The fourth-order valence-corrected chi connectivity index (χ4v) is 8.40. The molecule has 0 bridgehead atoms. The first-order valence-electron chi connectivity index (χ1n) is 20.6. The Morgan fingerprint density at radius 3 is 1.21 bits per heavy atom. The van der Waals surface area contributed by atoms with Crippen molar-refractivity contribution in [3.8, 4) is 89.4 Å². The summed E-state index contributed by atoms with van der Waals surface area (Å²) in [5.74, 6) is 0.610. The van der Waals surface area contributed by atoms with E-state index in [0.29, 0.717) is 11.5 Å².